The van der Waals surface area contributed by atoms with Gasteiger partial charge in [-0.15, -0.1) is 0 Å². The fourth-order valence-corrected chi connectivity index (χ4v) is 3.65. The lowest BCUT2D eigenvalue weighted by Crippen LogP contribution is -2.14. The maximum atomic E-state index is 13.3. The topological polar surface area (TPSA) is 46.9 Å². The molecule has 0 radical (unpaired) electrons. The molecule has 0 unspecified atom stereocenters. The molecule has 1 aromatic heterocycles. The second-order valence-electron chi connectivity index (χ2n) is 5.90. The molecular weight excluding hydrogens is 361 g/mol. The zero-order valence-electron chi connectivity index (χ0n) is 14.3. The Morgan fingerprint density at radius 3 is 2.59 bits per heavy atom. The Labute approximate surface area is 160 Å². The molecule has 6 heteroatoms. The van der Waals surface area contributed by atoms with Gasteiger partial charge in [0.2, 0.25) is 5.91 Å². The number of nitrogens with one attached hydrogen (secondary N) is 1. The molecule has 0 fully saturated rings. The van der Waals surface area contributed by atoms with E-state index in [2.05, 4.69) is 10.3 Å². The summed E-state index contributed by atoms with van der Waals surface area (Å²) in [6, 6.07) is 23.6. The predicted molar refractivity (Wildman–Crippen MR) is 107 cm³/mol. The zero-order valence-corrected chi connectivity index (χ0v) is 15.1. The average Bonchev–Trinajstić information content (AvgIpc) is 3.05. The fourth-order valence-electron chi connectivity index (χ4n) is 2.82. The van der Waals surface area contributed by atoms with Gasteiger partial charge >= 0.3 is 0 Å². The lowest BCUT2D eigenvalue weighted by molar-refractivity contribution is -0.113. The summed E-state index contributed by atoms with van der Waals surface area (Å²) in [5.74, 6) is -0.421. The van der Waals surface area contributed by atoms with Crippen LogP contribution in [-0.4, -0.2) is 21.2 Å². The van der Waals surface area contributed by atoms with Gasteiger partial charge < -0.3 is 5.32 Å². The zero-order chi connectivity index (χ0) is 18.6. The third-order valence-corrected chi connectivity index (χ3v) is 4.92. The number of fused-ring (bicyclic) bond motifs is 1. The van der Waals surface area contributed by atoms with Crippen molar-refractivity contribution in [3.05, 3.63) is 84.7 Å². The summed E-state index contributed by atoms with van der Waals surface area (Å²) < 4.78 is 15.3. The van der Waals surface area contributed by atoms with E-state index in [1.807, 2.05) is 59.2 Å². The summed E-state index contributed by atoms with van der Waals surface area (Å²) in [5, 5.41) is 3.44. The molecule has 1 N–H and O–H groups in total. The third-order valence-electron chi connectivity index (χ3n) is 3.99. The summed E-state index contributed by atoms with van der Waals surface area (Å²) in [6.45, 7) is 0. The van der Waals surface area contributed by atoms with E-state index in [1.54, 1.807) is 12.1 Å². The number of anilines is 1. The number of benzene rings is 3. The standard InChI is InChI=1S/C21H16FN3OS/c22-15-7-6-8-16(13-15)23-20(26)14-27-21-24-18-11-4-5-12-19(18)25(21)17-9-2-1-3-10-17/h1-13H,14H2,(H,23,26). The van der Waals surface area contributed by atoms with Crippen molar-refractivity contribution >= 4 is 34.4 Å². The van der Waals surface area contributed by atoms with Gasteiger partial charge in [0.1, 0.15) is 5.82 Å². The van der Waals surface area contributed by atoms with Crippen molar-refractivity contribution in [3.63, 3.8) is 0 Å². The van der Waals surface area contributed by atoms with Gasteiger partial charge in [-0.1, -0.05) is 48.2 Å². The second-order valence-corrected chi connectivity index (χ2v) is 6.84. The molecule has 0 aliphatic carbocycles. The molecule has 0 bridgehead atoms. The maximum absolute atomic E-state index is 13.3. The monoisotopic (exact) mass is 377 g/mol. The van der Waals surface area contributed by atoms with Gasteiger partial charge in [-0.05, 0) is 42.5 Å². The van der Waals surface area contributed by atoms with E-state index in [-0.39, 0.29) is 17.5 Å². The minimum atomic E-state index is -0.383. The van der Waals surface area contributed by atoms with Crippen molar-refractivity contribution in [1.29, 1.82) is 0 Å². The van der Waals surface area contributed by atoms with Crippen molar-refractivity contribution in [1.82, 2.24) is 9.55 Å². The van der Waals surface area contributed by atoms with Crippen molar-refractivity contribution in [2.75, 3.05) is 11.1 Å². The Bertz CT molecular complexity index is 1090. The van der Waals surface area contributed by atoms with E-state index in [0.29, 0.717) is 5.69 Å². The number of nitrogens with zero attached hydrogens (tertiary/aromatic N) is 2. The first-order chi connectivity index (χ1) is 13.2. The Morgan fingerprint density at radius 1 is 1.00 bits per heavy atom. The first-order valence-electron chi connectivity index (χ1n) is 8.42. The molecule has 4 rings (SSSR count). The van der Waals surface area contributed by atoms with Crippen molar-refractivity contribution < 1.29 is 9.18 Å². The van der Waals surface area contributed by atoms with E-state index < -0.39 is 0 Å². The largest absolute Gasteiger partial charge is 0.325 e. The lowest BCUT2D eigenvalue weighted by atomic mass is 10.3. The molecule has 0 spiro atoms. The van der Waals surface area contributed by atoms with Crippen LogP contribution in [-0.2, 0) is 4.79 Å². The average molecular weight is 377 g/mol. The molecule has 0 atom stereocenters. The smallest absolute Gasteiger partial charge is 0.234 e. The van der Waals surface area contributed by atoms with Crippen LogP contribution in [0.2, 0.25) is 0 Å². The highest BCUT2D eigenvalue weighted by atomic mass is 32.2. The summed E-state index contributed by atoms with van der Waals surface area (Å²) >= 11 is 1.35. The highest BCUT2D eigenvalue weighted by molar-refractivity contribution is 7.99. The van der Waals surface area contributed by atoms with E-state index in [0.717, 1.165) is 21.9 Å². The molecule has 0 saturated carbocycles. The van der Waals surface area contributed by atoms with Crippen molar-refractivity contribution in [2.24, 2.45) is 0 Å². The summed E-state index contributed by atoms with van der Waals surface area (Å²) in [5.41, 5.74) is 3.28. The molecule has 4 aromatic rings. The number of hydrogen-bond acceptors (Lipinski definition) is 3. The Morgan fingerprint density at radius 2 is 1.78 bits per heavy atom. The van der Waals surface area contributed by atoms with Gasteiger partial charge in [-0.2, -0.15) is 0 Å². The van der Waals surface area contributed by atoms with Crippen LogP contribution in [0.1, 0.15) is 0 Å². The number of thioether (sulfide) groups is 1. The highest BCUT2D eigenvalue weighted by Gasteiger charge is 2.14. The van der Waals surface area contributed by atoms with Crippen LogP contribution in [0.25, 0.3) is 16.7 Å². The molecule has 3 aromatic carbocycles. The Balaban J connectivity index is 1.58. The van der Waals surface area contributed by atoms with Crippen LogP contribution >= 0.6 is 11.8 Å². The van der Waals surface area contributed by atoms with Gasteiger partial charge in [-0.3, -0.25) is 9.36 Å². The first-order valence-corrected chi connectivity index (χ1v) is 9.40. The van der Waals surface area contributed by atoms with Gasteiger partial charge in [0.05, 0.1) is 16.8 Å². The third kappa shape index (κ3) is 3.85. The van der Waals surface area contributed by atoms with E-state index in [9.17, 15) is 9.18 Å². The molecule has 4 nitrogen and oxygen atoms in total. The van der Waals surface area contributed by atoms with Crippen LogP contribution in [0.5, 0.6) is 0 Å². The molecule has 1 amide bonds. The number of aromatic nitrogens is 2. The second kappa shape index (κ2) is 7.63. The number of para-hydroxylation sites is 3. The highest BCUT2D eigenvalue weighted by Crippen LogP contribution is 2.28. The van der Waals surface area contributed by atoms with E-state index in [4.69, 9.17) is 0 Å². The van der Waals surface area contributed by atoms with Gasteiger partial charge in [0.15, 0.2) is 5.16 Å². The lowest BCUT2D eigenvalue weighted by Gasteiger charge is -2.09. The van der Waals surface area contributed by atoms with Crippen LogP contribution in [0.15, 0.2) is 84.0 Å². The molecule has 27 heavy (non-hydrogen) atoms. The van der Waals surface area contributed by atoms with Crippen molar-refractivity contribution in [3.8, 4) is 5.69 Å². The minimum Gasteiger partial charge on any atom is -0.325 e. The molecule has 0 aliphatic heterocycles. The van der Waals surface area contributed by atoms with Gasteiger partial charge in [0, 0.05) is 11.4 Å². The molecule has 1 heterocycles. The number of carbonyl (C=O) groups excluding carboxylic acids is 1. The maximum Gasteiger partial charge on any atom is 0.234 e. The summed E-state index contributed by atoms with van der Waals surface area (Å²) in [6.07, 6.45) is 0. The SMILES string of the molecule is O=C(CSc1nc2ccccc2n1-c1ccccc1)Nc1cccc(F)c1. The number of amides is 1. The minimum absolute atomic E-state index is 0.173. The molecular formula is C21H16FN3OS. The number of hydrogen-bond donors (Lipinski definition) is 1. The van der Waals surface area contributed by atoms with Crippen LogP contribution in [0.3, 0.4) is 0 Å². The van der Waals surface area contributed by atoms with Crippen LogP contribution < -0.4 is 5.32 Å². The quantitative estimate of drug-likeness (QED) is 0.504. The Hall–Kier alpha value is -3.12. The first kappa shape index (κ1) is 17.3. The van der Waals surface area contributed by atoms with Crippen LogP contribution in [0.4, 0.5) is 10.1 Å². The van der Waals surface area contributed by atoms with E-state index in [1.165, 1.54) is 23.9 Å². The molecule has 0 aliphatic rings. The van der Waals surface area contributed by atoms with E-state index >= 15 is 0 Å². The normalized spacial score (nSPS) is 10.9. The number of carbonyl (C=O) groups is 1. The molecule has 0 saturated heterocycles. The number of rotatable bonds is 5. The van der Waals surface area contributed by atoms with Gasteiger partial charge in [0.25, 0.3) is 0 Å². The van der Waals surface area contributed by atoms with Crippen LogP contribution in [0, 0.1) is 5.82 Å². The van der Waals surface area contributed by atoms with Gasteiger partial charge in [-0.25, -0.2) is 9.37 Å². The fraction of sp³-hybridized carbons (Fsp3) is 0.0476. The molecule has 134 valence electrons. The predicted octanol–water partition coefficient (Wildman–Crippen LogP) is 4.90. The van der Waals surface area contributed by atoms with Crippen molar-refractivity contribution in [2.45, 2.75) is 5.16 Å². The number of imidazole rings is 1. The Kier molecular flexibility index (Phi) is 4.89. The summed E-state index contributed by atoms with van der Waals surface area (Å²) in [4.78, 5) is 16.9. The summed E-state index contributed by atoms with van der Waals surface area (Å²) in [7, 11) is 0. The number of halogens is 1.